The molecular weight excluding hydrogens is 376 g/mol. The van der Waals surface area contributed by atoms with Crippen LogP contribution in [0.15, 0.2) is 0 Å². The Kier molecular flexibility index (Phi) is 6.54. The van der Waals surface area contributed by atoms with Crippen molar-refractivity contribution in [3.05, 3.63) is 0 Å². The number of hydrogen-bond donors (Lipinski definition) is 3. The molecule has 9 atom stereocenters. The molecule has 30 heavy (non-hydrogen) atoms. The number of ether oxygens (including phenoxy) is 1. The molecule has 0 aliphatic heterocycles. The molecule has 4 aliphatic carbocycles. The molecule has 0 spiro atoms. The number of aliphatic hydroxyl groups excluding tert-OH is 1. The summed E-state index contributed by atoms with van der Waals surface area (Å²) in [6.45, 7) is 5.55. The summed E-state index contributed by atoms with van der Waals surface area (Å²) in [6, 6.07) is -0.515. The highest BCUT2D eigenvalue weighted by molar-refractivity contribution is 5.75. The molecule has 0 aromatic heterocycles. The molecule has 4 fully saturated rings. The highest BCUT2D eigenvalue weighted by Gasteiger charge is 2.61. The molecule has 5 N–H and O–H groups in total. The largest absolute Gasteiger partial charge is 0.461 e. The van der Waals surface area contributed by atoms with E-state index in [9.17, 15) is 9.90 Å². The van der Waals surface area contributed by atoms with Gasteiger partial charge in [-0.3, -0.25) is 4.79 Å². The van der Waals surface area contributed by atoms with E-state index in [1.54, 1.807) is 0 Å². The zero-order valence-corrected chi connectivity index (χ0v) is 19.2. The van der Waals surface area contributed by atoms with Crippen molar-refractivity contribution in [2.24, 2.45) is 46.0 Å². The third-order valence-electron chi connectivity index (χ3n) is 10.1. The molecule has 0 aromatic carbocycles. The van der Waals surface area contributed by atoms with E-state index >= 15 is 0 Å². The highest BCUT2D eigenvalue weighted by atomic mass is 16.5. The molecule has 5 heteroatoms. The Balaban J connectivity index is 1.42. The van der Waals surface area contributed by atoms with E-state index in [4.69, 9.17) is 16.2 Å². The topological polar surface area (TPSA) is 98.6 Å². The zero-order valence-electron chi connectivity index (χ0n) is 19.2. The number of carbonyl (C=O) groups excluding carboxylic acids is 1. The van der Waals surface area contributed by atoms with Gasteiger partial charge in [0.1, 0.15) is 12.1 Å². The average Bonchev–Trinajstić information content (AvgIpc) is 3.05. The molecule has 4 saturated carbocycles. The second-order valence-electron chi connectivity index (χ2n) is 11.5. The van der Waals surface area contributed by atoms with Crippen LogP contribution in [-0.4, -0.2) is 35.9 Å². The number of unbranched alkanes of at least 4 members (excludes halogenated alkanes) is 1. The van der Waals surface area contributed by atoms with Crippen LogP contribution in [0.1, 0.15) is 90.9 Å². The predicted octanol–water partition coefficient (Wildman–Crippen LogP) is 3.76. The van der Waals surface area contributed by atoms with Crippen molar-refractivity contribution in [1.29, 1.82) is 0 Å². The maximum absolute atomic E-state index is 12.7. The van der Waals surface area contributed by atoms with Crippen molar-refractivity contribution in [2.75, 3.05) is 6.54 Å². The van der Waals surface area contributed by atoms with E-state index in [1.807, 2.05) is 0 Å². The van der Waals surface area contributed by atoms with Gasteiger partial charge in [0.05, 0.1) is 6.10 Å². The second kappa shape index (κ2) is 8.71. The van der Waals surface area contributed by atoms with Gasteiger partial charge in [-0.25, -0.2) is 0 Å². The molecule has 0 amide bonds. The minimum atomic E-state index is -0.515. The molecule has 0 heterocycles. The minimum absolute atomic E-state index is 0.0233. The Morgan fingerprint density at radius 2 is 1.77 bits per heavy atom. The molecule has 4 aliphatic rings. The summed E-state index contributed by atoms with van der Waals surface area (Å²) < 4.78 is 6.07. The Morgan fingerprint density at radius 3 is 2.53 bits per heavy atom. The third-order valence-corrected chi connectivity index (χ3v) is 10.1. The lowest BCUT2D eigenvalue weighted by atomic mass is 9.45. The van der Waals surface area contributed by atoms with Crippen molar-refractivity contribution in [3.63, 3.8) is 0 Å². The van der Waals surface area contributed by atoms with Crippen LogP contribution in [0.2, 0.25) is 0 Å². The van der Waals surface area contributed by atoms with Gasteiger partial charge >= 0.3 is 5.97 Å². The van der Waals surface area contributed by atoms with Crippen LogP contribution in [0.4, 0.5) is 0 Å². The quantitative estimate of drug-likeness (QED) is 0.449. The van der Waals surface area contributed by atoms with E-state index in [0.29, 0.717) is 30.2 Å². The van der Waals surface area contributed by atoms with Gasteiger partial charge < -0.3 is 21.3 Å². The van der Waals surface area contributed by atoms with Crippen molar-refractivity contribution < 1.29 is 14.6 Å². The predicted molar refractivity (Wildman–Crippen MR) is 118 cm³/mol. The fraction of sp³-hybridized carbons (Fsp3) is 0.960. The van der Waals surface area contributed by atoms with Crippen LogP contribution in [-0.2, 0) is 9.53 Å². The van der Waals surface area contributed by atoms with E-state index in [1.165, 1.54) is 32.1 Å². The van der Waals surface area contributed by atoms with Crippen LogP contribution in [0.5, 0.6) is 0 Å². The SMILES string of the molecule is C[C@]12CC[C@H](O)C[C@@H]1CC[C@@H]1[C@@H]2CC[C@]2(C)[C@@H](OC(=O)[C@H](N)CCCCN)CC[C@@H]12. The number of rotatable bonds is 6. The first kappa shape index (κ1) is 22.5. The number of hydrogen-bond acceptors (Lipinski definition) is 5. The molecular formula is C25H44N2O3. The Morgan fingerprint density at radius 1 is 1.03 bits per heavy atom. The summed E-state index contributed by atoms with van der Waals surface area (Å²) >= 11 is 0. The summed E-state index contributed by atoms with van der Waals surface area (Å²) in [5, 5.41) is 10.2. The zero-order chi connectivity index (χ0) is 21.5. The van der Waals surface area contributed by atoms with Crippen LogP contribution >= 0.6 is 0 Å². The molecule has 5 nitrogen and oxygen atoms in total. The smallest absolute Gasteiger partial charge is 0.323 e. The van der Waals surface area contributed by atoms with Crippen molar-refractivity contribution in [2.45, 2.75) is 109 Å². The van der Waals surface area contributed by atoms with E-state index in [2.05, 4.69) is 13.8 Å². The van der Waals surface area contributed by atoms with Gasteiger partial charge in [-0.2, -0.15) is 0 Å². The van der Waals surface area contributed by atoms with Crippen LogP contribution < -0.4 is 11.5 Å². The molecule has 0 unspecified atom stereocenters. The maximum atomic E-state index is 12.7. The first-order chi connectivity index (χ1) is 14.3. The number of fused-ring (bicyclic) bond motifs is 5. The molecule has 0 aromatic rings. The van der Waals surface area contributed by atoms with E-state index in [0.717, 1.165) is 50.4 Å². The fourth-order valence-electron chi connectivity index (χ4n) is 8.24. The van der Waals surface area contributed by atoms with Crippen LogP contribution in [0.25, 0.3) is 0 Å². The van der Waals surface area contributed by atoms with Gasteiger partial charge in [-0.1, -0.05) is 20.3 Å². The van der Waals surface area contributed by atoms with Crippen molar-refractivity contribution in [3.8, 4) is 0 Å². The Hall–Kier alpha value is -0.650. The summed E-state index contributed by atoms with van der Waals surface area (Å²) in [6.07, 6.45) is 12.7. The fourth-order valence-corrected chi connectivity index (χ4v) is 8.24. The molecule has 172 valence electrons. The molecule has 0 bridgehead atoms. The van der Waals surface area contributed by atoms with E-state index < -0.39 is 6.04 Å². The van der Waals surface area contributed by atoms with Crippen molar-refractivity contribution in [1.82, 2.24) is 0 Å². The number of aliphatic hydroxyl groups is 1. The number of esters is 1. The summed E-state index contributed by atoms with van der Waals surface area (Å²) in [4.78, 5) is 12.7. The van der Waals surface area contributed by atoms with Crippen LogP contribution in [0.3, 0.4) is 0 Å². The normalized spacial score (nSPS) is 46.4. The summed E-state index contributed by atoms with van der Waals surface area (Å²) in [7, 11) is 0. The van der Waals surface area contributed by atoms with Gasteiger partial charge in [0.2, 0.25) is 0 Å². The Labute approximate surface area is 182 Å². The van der Waals surface area contributed by atoms with Crippen molar-refractivity contribution >= 4 is 5.97 Å². The molecule has 0 radical (unpaired) electrons. The molecule has 0 saturated heterocycles. The second-order valence-corrected chi connectivity index (χ2v) is 11.5. The number of carbonyl (C=O) groups is 1. The maximum Gasteiger partial charge on any atom is 0.323 e. The van der Waals surface area contributed by atoms with Gasteiger partial charge in [-0.05, 0) is 106 Å². The van der Waals surface area contributed by atoms with Gasteiger partial charge in [0.15, 0.2) is 0 Å². The summed E-state index contributed by atoms with van der Waals surface area (Å²) in [5.41, 5.74) is 12.2. The average molecular weight is 421 g/mol. The third kappa shape index (κ3) is 3.84. The lowest BCUT2D eigenvalue weighted by molar-refractivity contribution is -0.166. The number of nitrogens with two attached hydrogens (primary N) is 2. The molecule has 4 rings (SSSR count). The highest BCUT2D eigenvalue weighted by Crippen LogP contribution is 2.66. The van der Waals surface area contributed by atoms with Gasteiger partial charge in [0.25, 0.3) is 0 Å². The summed E-state index contributed by atoms with van der Waals surface area (Å²) in [5.74, 6) is 2.66. The van der Waals surface area contributed by atoms with Crippen LogP contribution in [0, 0.1) is 34.5 Å². The lowest BCUT2D eigenvalue weighted by Crippen LogP contribution is -2.54. The van der Waals surface area contributed by atoms with E-state index in [-0.39, 0.29) is 23.6 Å². The standard InChI is InChI=1S/C25H44N2O3/c1-24-12-10-17(28)15-16(24)6-7-18-19-8-9-22(25(19,2)13-11-20(18)24)30-23(29)21(27)5-3-4-14-26/h16-22,28H,3-15,26-27H2,1-2H3/t16-,17-,18-,19-,20-,21+,22-,24-,25-/m0/s1. The lowest BCUT2D eigenvalue weighted by Gasteiger charge is -2.60. The van der Waals surface area contributed by atoms with Gasteiger partial charge in [-0.15, -0.1) is 0 Å². The minimum Gasteiger partial charge on any atom is -0.461 e. The monoisotopic (exact) mass is 420 g/mol. The first-order valence-electron chi connectivity index (χ1n) is 12.6. The first-order valence-corrected chi connectivity index (χ1v) is 12.6. The Bertz CT molecular complexity index is 628. The van der Waals surface area contributed by atoms with Gasteiger partial charge in [0, 0.05) is 5.41 Å².